The van der Waals surface area contributed by atoms with Crippen LogP contribution in [0.5, 0.6) is 0 Å². The van der Waals surface area contributed by atoms with Gasteiger partial charge >= 0.3 is 11.9 Å². The summed E-state index contributed by atoms with van der Waals surface area (Å²) in [6.45, 7) is 3.79. The molecule has 0 heterocycles. The van der Waals surface area contributed by atoms with Gasteiger partial charge in [0, 0.05) is 19.4 Å². The van der Waals surface area contributed by atoms with Crippen molar-refractivity contribution in [1.29, 1.82) is 0 Å². The summed E-state index contributed by atoms with van der Waals surface area (Å²) in [4.78, 5) is 19.2. The maximum absolute atomic E-state index is 9.60. The summed E-state index contributed by atoms with van der Waals surface area (Å²) >= 11 is 0. The van der Waals surface area contributed by atoms with E-state index in [2.05, 4.69) is 0 Å². The fraction of sp³-hybridized carbons (Fsp3) is 0.667. The first-order chi connectivity index (χ1) is 8.45. The van der Waals surface area contributed by atoms with E-state index in [4.69, 9.17) is 20.4 Å². The first-order valence-corrected chi connectivity index (χ1v) is 5.79. The number of carboxylic acids is 2. The van der Waals surface area contributed by atoms with Crippen LogP contribution < -0.4 is 0 Å². The quantitative estimate of drug-likeness (QED) is 0.546. The Morgan fingerprint density at radius 3 is 1.44 bits per heavy atom. The molecule has 6 nitrogen and oxygen atoms in total. The van der Waals surface area contributed by atoms with Crippen molar-refractivity contribution >= 4 is 11.9 Å². The third kappa shape index (κ3) is 47.1. The van der Waals surface area contributed by atoms with Crippen LogP contribution in [0.1, 0.15) is 46.0 Å². The second-order valence-corrected chi connectivity index (χ2v) is 3.18. The lowest BCUT2D eigenvalue weighted by molar-refractivity contribution is -0.138. The molecule has 0 aromatic rings. The fourth-order valence-corrected chi connectivity index (χ4v) is 0.577. The minimum absolute atomic E-state index is 0.108. The van der Waals surface area contributed by atoms with Gasteiger partial charge in [-0.25, -0.2) is 0 Å². The lowest BCUT2D eigenvalue weighted by Gasteiger charge is -1.79. The van der Waals surface area contributed by atoms with Crippen molar-refractivity contribution in [3.8, 4) is 0 Å². The molecule has 0 saturated heterocycles. The van der Waals surface area contributed by atoms with E-state index in [1.807, 2.05) is 13.8 Å². The minimum Gasteiger partial charge on any atom is -0.516 e. The molecule has 18 heavy (non-hydrogen) atoms. The van der Waals surface area contributed by atoms with Crippen LogP contribution >= 0.6 is 0 Å². The van der Waals surface area contributed by atoms with Crippen LogP contribution in [0.2, 0.25) is 0 Å². The number of aliphatic carboxylic acids is 2. The zero-order valence-electron chi connectivity index (χ0n) is 11.0. The van der Waals surface area contributed by atoms with Gasteiger partial charge in [0.05, 0.1) is 6.26 Å². The number of carbonyl (C=O) groups is 2. The summed E-state index contributed by atoms with van der Waals surface area (Å²) in [5, 5.41) is 31.8. The van der Waals surface area contributed by atoms with Crippen molar-refractivity contribution in [3.63, 3.8) is 0 Å². The molecule has 4 N–H and O–H groups in total. The molecule has 0 rings (SSSR count). The van der Waals surface area contributed by atoms with Crippen molar-refractivity contribution in [2.75, 3.05) is 6.61 Å². The molecule has 0 aromatic carbocycles. The third-order valence-electron chi connectivity index (χ3n) is 1.33. The number of hydrogen-bond donors (Lipinski definition) is 4. The lowest BCUT2D eigenvalue weighted by Crippen LogP contribution is -1.90. The molecule has 0 aliphatic heterocycles. The van der Waals surface area contributed by atoms with Crippen LogP contribution in [0.25, 0.3) is 0 Å². The summed E-state index contributed by atoms with van der Waals surface area (Å²) in [5.41, 5.74) is 0. The van der Waals surface area contributed by atoms with Crippen LogP contribution in [0.3, 0.4) is 0 Å². The van der Waals surface area contributed by atoms with E-state index in [1.165, 1.54) is 6.08 Å². The second kappa shape index (κ2) is 20.8. The van der Waals surface area contributed by atoms with Gasteiger partial charge in [0.2, 0.25) is 0 Å². The van der Waals surface area contributed by atoms with Crippen molar-refractivity contribution in [2.24, 2.45) is 0 Å². The van der Waals surface area contributed by atoms with Gasteiger partial charge in [-0.2, -0.15) is 0 Å². The van der Waals surface area contributed by atoms with Crippen molar-refractivity contribution < 1.29 is 30.0 Å². The monoisotopic (exact) mass is 264 g/mol. The molecule has 108 valence electrons. The van der Waals surface area contributed by atoms with E-state index >= 15 is 0 Å². The number of aliphatic hydroxyl groups excluding tert-OH is 2. The van der Waals surface area contributed by atoms with Gasteiger partial charge in [-0.1, -0.05) is 13.8 Å². The Kier molecular flexibility index (Phi) is 25.1. The highest BCUT2D eigenvalue weighted by molar-refractivity contribution is 5.66. The number of rotatable bonds is 6. The molecule has 0 aliphatic rings. The molecule has 0 amide bonds. The van der Waals surface area contributed by atoms with E-state index in [0.29, 0.717) is 19.3 Å². The highest BCUT2D eigenvalue weighted by Crippen LogP contribution is 1.82. The predicted molar refractivity (Wildman–Crippen MR) is 68.6 cm³/mol. The van der Waals surface area contributed by atoms with Crippen LogP contribution in [0.15, 0.2) is 12.3 Å². The molecule has 0 spiro atoms. The van der Waals surface area contributed by atoms with Crippen LogP contribution in [-0.2, 0) is 9.59 Å². The van der Waals surface area contributed by atoms with Gasteiger partial charge in [-0.05, 0) is 25.3 Å². The molecule has 0 atom stereocenters. The summed E-state index contributed by atoms with van der Waals surface area (Å²) in [7, 11) is 0. The average molecular weight is 264 g/mol. The minimum atomic E-state index is -0.711. The standard InChI is InChI=1S/3C4H8O2/c2*1-2-3-4(5)6;5-3-1-2-4-6/h2*2-3H2,1H3,(H,5,6);1,3,5-6H,2,4H2. The molecule has 0 saturated carbocycles. The van der Waals surface area contributed by atoms with Gasteiger partial charge in [-0.3, -0.25) is 9.59 Å². The van der Waals surface area contributed by atoms with Gasteiger partial charge < -0.3 is 20.4 Å². The molecule has 6 heteroatoms. The molecular weight excluding hydrogens is 240 g/mol. The van der Waals surface area contributed by atoms with Crippen molar-refractivity contribution in [3.05, 3.63) is 12.3 Å². The molecule has 0 unspecified atom stereocenters. The second-order valence-electron chi connectivity index (χ2n) is 3.18. The van der Waals surface area contributed by atoms with Crippen molar-refractivity contribution in [2.45, 2.75) is 46.0 Å². The Morgan fingerprint density at radius 2 is 1.39 bits per heavy atom. The lowest BCUT2D eigenvalue weighted by atomic mass is 10.4. The topological polar surface area (TPSA) is 115 Å². The first-order valence-electron chi connectivity index (χ1n) is 5.79. The molecule has 0 radical (unpaired) electrons. The van der Waals surface area contributed by atoms with E-state index < -0.39 is 11.9 Å². The zero-order chi connectivity index (χ0) is 14.8. The average Bonchev–Trinajstić information content (AvgIpc) is 2.27. The molecule has 0 fully saturated rings. The third-order valence-corrected chi connectivity index (χ3v) is 1.33. The van der Waals surface area contributed by atoms with E-state index in [0.717, 1.165) is 19.1 Å². The summed E-state index contributed by atoms with van der Waals surface area (Å²) in [6.07, 6.45) is 5.00. The number of carboxylic acid groups (broad SMARTS) is 2. The van der Waals surface area contributed by atoms with Gasteiger partial charge in [0.25, 0.3) is 0 Å². The van der Waals surface area contributed by atoms with Crippen LogP contribution in [0.4, 0.5) is 0 Å². The molecule has 0 bridgehead atoms. The fourth-order valence-electron chi connectivity index (χ4n) is 0.577. The van der Waals surface area contributed by atoms with Crippen molar-refractivity contribution in [1.82, 2.24) is 0 Å². The first kappa shape index (κ1) is 21.7. The van der Waals surface area contributed by atoms with Gasteiger partial charge in [0.15, 0.2) is 0 Å². The Hall–Kier alpha value is -1.56. The SMILES string of the molecule is CCCC(=O)O.CCCC(=O)O.OC=CCCO. The summed E-state index contributed by atoms with van der Waals surface area (Å²) in [6, 6.07) is 0. The van der Waals surface area contributed by atoms with E-state index in [-0.39, 0.29) is 6.61 Å². The molecule has 0 aromatic heterocycles. The summed E-state index contributed by atoms with van der Waals surface area (Å²) < 4.78 is 0. The van der Waals surface area contributed by atoms with Gasteiger partial charge in [-0.15, -0.1) is 0 Å². The number of hydrogen-bond acceptors (Lipinski definition) is 4. The normalized spacial score (nSPS) is 8.83. The Morgan fingerprint density at radius 1 is 1.00 bits per heavy atom. The highest BCUT2D eigenvalue weighted by atomic mass is 16.4. The van der Waals surface area contributed by atoms with Gasteiger partial charge in [0.1, 0.15) is 0 Å². The molecule has 0 aliphatic carbocycles. The number of aliphatic hydroxyl groups is 2. The van der Waals surface area contributed by atoms with E-state index in [1.54, 1.807) is 0 Å². The smallest absolute Gasteiger partial charge is 0.303 e. The van der Waals surface area contributed by atoms with E-state index in [9.17, 15) is 9.59 Å². The Labute approximate surface area is 108 Å². The Bertz CT molecular complexity index is 197. The largest absolute Gasteiger partial charge is 0.516 e. The Balaban J connectivity index is -0.000000187. The van der Waals surface area contributed by atoms with Crippen LogP contribution in [-0.4, -0.2) is 39.0 Å². The predicted octanol–water partition coefficient (Wildman–Crippen LogP) is 2.18. The maximum atomic E-state index is 9.60. The summed E-state index contributed by atoms with van der Waals surface area (Å²) in [5.74, 6) is -1.42. The molecular formula is C12H24O6. The highest BCUT2D eigenvalue weighted by Gasteiger charge is 1.88. The zero-order valence-corrected chi connectivity index (χ0v) is 11.0. The van der Waals surface area contributed by atoms with Crippen LogP contribution in [0, 0.1) is 0 Å². The maximum Gasteiger partial charge on any atom is 0.303 e.